The zero-order chi connectivity index (χ0) is 34.6. The van der Waals surface area contributed by atoms with Gasteiger partial charge in [-0.2, -0.15) is 0 Å². The van der Waals surface area contributed by atoms with E-state index in [1.54, 1.807) is 0 Å². The molecule has 5 heteroatoms. The molecular formula is C43H79O4P. The number of hydrogen-bond donors (Lipinski definition) is 1. The zero-order valence-corrected chi connectivity index (χ0v) is 33.5. The molecular weight excluding hydrogens is 611 g/mol. The van der Waals surface area contributed by atoms with Crippen LogP contribution in [0.5, 0.6) is 0 Å². The van der Waals surface area contributed by atoms with Crippen molar-refractivity contribution in [2.24, 2.45) is 46.3 Å². The fraction of sp³-hybridized carbons (Fsp3) is 0.953. The van der Waals surface area contributed by atoms with Gasteiger partial charge in [-0.3, -0.25) is 9.05 Å². The van der Waals surface area contributed by atoms with Crippen molar-refractivity contribution in [1.29, 1.82) is 0 Å². The van der Waals surface area contributed by atoms with Gasteiger partial charge in [-0.05, 0) is 104 Å². The number of phosphoric ester groups is 1. The van der Waals surface area contributed by atoms with E-state index in [1.807, 2.05) is 0 Å². The molecule has 4 aliphatic rings. The largest absolute Gasteiger partial charge is 0.472 e. The summed E-state index contributed by atoms with van der Waals surface area (Å²) in [6.07, 6.45) is 34.2. The third-order valence-corrected chi connectivity index (χ3v) is 15.4. The Morgan fingerprint density at radius 2 is 1.42 bits per heavy atom. The molecule has 0 aromatic rings. The highest BCUT2D eigenvalue weighted by atomic mass is 31.2. The topological polar surface area (TPSA) is 55.8 Å². The van der Waals surface area contributed by atoms with Gasteiger partial charge in [-0.1, -0.05) is 156 Å². The van der Waals surface area contributed by atoms with Gasteiger partial charge in [-0.15, -0.1) is 0 Å². The van der Waals surface area contributed by atoms with Crippen molar-refractivity contribution >= 4 is 7.82 Å². The Hall–Kier alpha value is -0.150. The van der Waals surface area contributed by atoms with Crippen LogP contribution in [0.15, 0.2) is 11.6 Å². The molecule has 0 aliphatic heterocycles. The maximum atomic E-state index is 12.9. The molecule has 1 N–H and O–H groups in total. The van der Waals surface area contributed by atoms with E-state index in [0.29, 0.717) is 12.0 Å². The predicted molar refractivity (Wildman–Crippen MR) is 204 cm³/mol. The van der Waals surface area contributed by atoms with E-state index in [4.69, 9.17) is 9.05 Å². The highest BCUT2D eigenvalue weighted by molar-refractivity contribution is 7.47. The SMILES string of the molecule is CCCCCCCCCCCCCCCCOP(=O)(O)O[C@H]1CC[C@@]2(C)C(=CC[C@H]3[C@@H]4CC[C@H]([C@H](C)CCCC(C)C)[C@@]4(C)CC[C@@H]32)C1. The third kappa shape index (κ3) is 11.2. The highest BCUT2D eigenvalue weighted by Crippen LogP contribution is 2.67. The number of unbranched alkanes of at least 4 members (excludes halogenated alkanes) is 13. The van der Waals surface area contributed by atoms with E-state index in [-0.39, 0.29) is 11.5 Å². The van der Waals surface area contributed by atoms with Crippen LogP contribution in [0, 0.1) is 46.3 Å². The van der Waals surface area contributed by atoms with Crippen molar-refractivity contribution < 1.29 is 18.5 Å². The summed E-state index contributed by atoms with van der Waals surface area (Å²) >= 11 is 0. The van der Waals surface area contributed by atoms with Crippen LogP contribution in [-0.2, 0) is 13.6 Å². The van der Waals surface area contributed by atoms with Gasteiger partial charge < -0.3 is 4.89 Å². The van der Waals surface area contributed by atoms with Crippen LogP contribution in [0.2, 0.25) is 0 Å². The van der Waals surface area contributed by atoms with Crippen LogP contribution in [0.3, 0.4) is 0 Å². The van der Waals surface area contributed by atoms with Crippen molar-refractivity contribution in [2.75, 3.05) is 6.61 Å². The molecule has 9 atom stereocenters. The number of phosphoric acid groups is 1. The van der Waals surface area contributed by atoms with E-state index < -0.39 is 7.82 Å². The summed E-state index contributed by atoms with van der Waals surface area (Å²) in [5.41, 5.74) is 2.24. The normalized spacial score (nSPS) is 33.5. The van der Waals surface area contributed by atoms with Gasteiger partial charge >= 0.3 is 7.82 Å². The van der Waals surface area contributed by atoms with Crippen molar-refractivity contribution in [3.8, 4) is 0 Å². The van der Waals surface area contributed by atoms with Gasteiger partial charge in [-0.25, -0.2) is 4.57 Å². The molecule has 48 heavy (non-hydrogen) atoms. The lowest BCUT2D eigenvalue weighted by atomic mass is 9.47. The molecule has 0 aromatic carbocycles. The molecule has 0 radical (unpaired) electrons. The van der Waals surface area contributed by atoms with Crippen LogP contribution in [0.1, 0.15) is 202 Å². The summed E-state index contributed by atoms with van der Waals surface area (Å²) in [5.74, 6) is 4.97. The minimum absolute atomic E-state index is 0.204. The Balaban J connectivity index is 1.13. The monoisotopic (exact) mass is 691 g/mol. The van der Waals surface area contributed by atoms with Gasteiger partial charge in [0, 0.05) is 0 Å². The first-order valence-corrected chi connectivity index (χ1v) is 22.8. The molecule has 0 spiro atoms. The third-order valence-electron chi connectivity index (χ3n) is 14.3. The Kier molecular flexibility index (Phi) is 16.6. The van der Waals surface area contributed by atoms with Crippen molar-refractivity contribution in [2.45, 2.75) is 208 Å². The van der Waals surface area contributed by atoms with Gasteiger partial charge in [0.15, 0.2) is 0 Å². The molecule has 0 heterocycles. The summed E-state index contributed by atoms with van der Waals surface area (Å²) in [5, 5.41) is 0. The Labute approximate surface area is 298 Å². The molecule has 4 aliphatic carbocycles. The summed E-state index contributed by atoms with van der Waals surface area (Å²) in [4.78, 5) is 10.6. The second-order valence-electron chi connectivity index (χ2n) is 18.2. The second-order valence-corrected chi connectivity index (χ2v) is 19.6. The van der Waals surface area contributed by atoms with Crippen LogP contribution < -0.4 is 0 Å². The van der Waals surface area contributed by atoms with E-state index >= 15 is 0 Å². The Bertz CT molecular complexity index is 1010. The number of allylic oxidation sites excluding steroid dienone is 1. The lowest BCUT2D eigenvalue weighted by Gasteiger charge is -2.58. The highest BCUT2D eigenvalue weighted by Gasteiger charge is 2.59. The predicted octanol–water partition coefficient (Wildman–Crippen LogP) is 14.0. The molecule has 0 aromatic heterocycles. The quantitative estimate of drug-likeness (QED) is 0.0659. The first-order valence-electron chi connectivity index (χ1n) is 21.4. The number of rotatable bonds is 23. The molecule has 1 unspecified atom stereocenters. The van der Waals surface area contributed by atoms with Crippen molar-refractivity contribution in [3.05, 3.63) is 11.6 Å². The van der Waals surface area contributed by atoms with Crippen LogP contribution in [0.4, 0.5) is 0 Å². The fourth-order valence-electron chi connectivity index (χ4n) is 11.4. The zero-order valence-electron chi connectivity index (χ0n) is 32.6. The molecule has 3 saturated carbocycles. The van der Waals surface area contributed by atoms with Gasteiger partial charge in [0.1, 0.15) is 0 Å². The van der Waals surface area contributed by atoms with E-state index in [2.05, 4.69) is 47.6 Å². The standard InChI is InChI=1S/C43H79O4P/c1-7-8-9-10-11-12-13-14-15-16-17-18-19-20-32-46-48(44,45)47-37-28-30-42(5)36(33-37)24-25-38-40-27-26-39(35(4)23-21-22-34(2)3)43(40,6)31-29-41(38)42/h24,34-35,37-41H,7-23,25-33H2,1-6H3,(H,44,45)/t35-,37+,38+,39-,40+,41+,42+,43-/m1/s1. The lowest BCUT2D eigenvalue weighted by molar-refractivity contribution is -0.0573. The van der Waals surface area contributed by atoms with Crippen molar-refractivity contribution in [3.63, 3.8) is 0 Å². The molecule has 0 saturated heterocycles. The van der Waals surface area contributed by atoms with E-state index in [1.165, 1.54) is 134 Å². The van der Waals surface area contributed by atoms with Crippen LogP contribution in [-0.4, -0.2) is 17.6 Å². The van der Waals surface area contributed by atoms with Gasteiger partial charge in [0.05, 0.1) is 12.7 Å². The van der Waals surface area contributed by atoms with Crippen LogP contribution >= 0.6 is 7.82 Å². The summed E-state index contributed by atoms with van der Waals surface area (Å²) in [6, 6.07) is 0. The maximum Gasteiger partial charge on any atom is 0.472 e. The molecule has 3 fully saturated rings. The summed E-state index contributed by atoms with van der Waals surface area (Å²) < 4.78 is 24.2. The Morgan fingerprint density at radius 1 is 0.792 bits per heavy atom. The number of hydrogen-bond acceptors (Lipinski definition) is 3. The smallest absolute Gasteiger partial charge is 0.302 e. The first-order chi connectivity index (χ1) is 23.0. The van der Waals surface area contributed by atoms with Gasteiger partial charge in [0.25, 0.3) is 0 Å². The van der Waals surface area contributed by atoms with E-state index in [9.17, 15) is 9.46 Å². The molecule has 0 bridgehead atoms. The minimum Gasteiger partial charge on any atom is -0.302 e. The molecule has 280 valence electrons. The number of fused-ring (bicyclic) bond motifs is 5. The maximum absolute atomic E-state index is 12.9. The Morgan fingerprint density at radius 3 is 2.04 bits per heavy atom. The molecule has 0 amide bonds. The second kappa shape index (κ2) is 19.6. The summed E-state index contributed by atoms with van der Waals surface area (Å²) in [6.45, 7) is 15.1. The molecule has 4 nitrogen and oxygen atoms in total. The molecule has 4 rings (SSSR count). The van der Waals surface area contributed by atoms with Gasteiger partial charge in [0.2, 0.25) is 0 Å². The first kappa shape index (κ1) is 40.6. The van der Waals surface area contributed by atoms with E-state index in [0.717, 1.165) is 67.6 Å². The average Bonchev–Trinajstić information content (AvgIpc) is 3.40. The van der Waals surface area contributed by atoms with Crippen LogP contribution in [0.25, 0.3) is 0 Å². The minimum atomic E-state index is -4.03. The summed E-state index contributed by atoms with van der Waals surface area (Å²) in [7, 11) is -4.03. The lowest BCUT2D eigenvalue weighted by Crippen LogP contribution is -2.51. The fourth-order valence-corrected chi connectivity index (χ4v) is 12.4. The average molecular weight is 691 g/mol. The van der Waals surface area contributed by atoms with Crippen molar-refractivity contribution in [1.82, 2.24) is 0 Å².